The molecule has 0 spiro atoms. The lowest BCUT2D eigenvalue weighted by Crippen LogP contribution is -2.35. The maximum Gasteiger partial charge on any atom is 0.188 e. The van der Waals surface area contributed by atoms with Crippen molar-refractivity contribution in [3.8, 4) is 0 Å². The molecule has 0 amide bonds. The van der Waals surface area contributed by atoms with Crippen molar-refractivity contribution in [2.45, 2.75) is 30.3 Å². The highest BCUT2D eigenvalue weighted by Gasteiger charge is 2.41. The van der Waals surface area contributed by atoms with E-state index in [0.717, 1.165) is 23.5 Å². The van der Waals surface area contributed by atoms with Crippen molar-refractivity contribution in [1.29, 1.82) is 0 Å². The second-order valence-electron chi connectivity index (χ2n) is 4.70. The molecule has 1 heterocycles. The molecule has 0 unspecified atom stereocenters. The molecule has 1 aromatic rings. The average molecular weight is 294 g/mol. The van der Waals surface area contributed by atoms with E-state index in [1.807, 2.05) is 30.3 Å². The first-order valence-corrected chi connectivity index (χ1v) is 8.48. The molecule has 0 aromatic heterocycles. The van der Waals surface area contributed by atoms with E-state index in [4.69, 9.17) is 0 Å². The van der Waals surface area contributed by atoms with Gasteiger partial charge in [0.15, 0.2) is 5.78 Å². The Morgan fingerprint density at radius 2 is 1.79 bits per heavy atom. The van der Waals surface area contributed by atoms with Gasteiger partial charge in [-0.05, 0) is 31.3 Å². The number of carbonyl (C=O) groups is 2. The van der Waals surface area contributed by atoms with E-state index in [-0.39, 0.29) is 11.6 Å². The zero-order chi connectivity index (χ0) is 13.7. The highest BCUT2D eigenvalue weighted by Crippen LogP contribution is 2.47. The molecular weight excluding hydrogens is 276 g/mol. The second-order valence-corrected chi connectivity index (χ2v) is 7.75. The molecule has 1 aromatic carbocycles. The second kappa shape index (κ2) is 6.62. The summed E-state index contributed by atoms with van der Waals surface area (Å²) in [4.78, 5) is 24.0. The Labute approximate surface area is 122 Å². The molecule has 1 aliphatic rings. The standard InChI is InChI=1S/C15H18O2S2/c1-12(16)8-9-15(18-10-5-11-19-15)14(17)13-6-3-2-4-7-13/h2-4,6-7H,5,8-11H2,1H3. The van der Waals surface area contributed by atoms with E-state index >= 15 is 0 Å². The van der Waals surface area contributed by atoms with Crippen LogP contribution in [0.3, 0.4) is 0 Å². The Bertz CT molecular complexity index is 450. The quantitative estimate of drug-likeness (QED) is 0.773. The molecule has 0 aliphatic carbocycles. The van der Waals surface area contributed by atoms with Crippen LogP contribution < -0.4 is 0 Å². The first-order chi connectivity index (χ1) is 9.14. The van der Waals surface area contributed by atoms with Crippen LogP contribution in [-0.2, 0) is 4.79 Å². The lowest BCUT2D eigenvalue weighted by atomic mass is 10.0. The summed E-state index contributed by atoms with van der Waals surface area (Å²) in [7, 11) is 0. The monoisotopic (exact) mass is 294 g/mol. The van der Waals surface area contributed by atoms with Gasteiger partial charge >= 0.3 is 0 Å². The lowest BCUT2D eigenvalue weighted by molar-refractivity contribution is -0.117. The van der Waals surface area contributed by atoms with Crippen LogP contribution in [0.25, 0.3) is 0 Å². The van der Waals surface area contributed by atoms with E-state index in [1.54, 1.807) is 30.4 Å². The van der Waals surface area contributed by atoms with Crippen LogP contribution >= 0.6 is 23.5 Å². The number of rotatable bonds is 5. The van der Waals surface area contributed by atoms with Gasteiger partial charge in [-0.2, -0.15) is 0 Å². The molecule has 1 aliphatic heterocycles. The number of ketones is 2. The Kier molecular flexibility index (Phi) is 5.11. The molecule has 0 N–H and O–H groups in total. The van der Waals surface area contributed by atoms with Crippen LogP contribution in [0.5, 0.6) is 0 Å². The summed E-state index contributed by atoms with van der Waals surface area (Å²) in [5, 5.41) is 0. The minimum absolute atomic E-state index is 0.159. The third-order valence-electron chi connectivity index (χ3n) is 3.15. The molecule has 4 heteroatoms. The summed E-state index contributed by atoms with van der Waals surface area (Å²) < 4.78 is -0.453. The summed E-state index contributed by atoms with van der Waals surface area (Å²) in [5.41, 5.74) is 0.757. The largest absolute Gasteiger partial charge is 0.300 e. The Morgan fingerprint density at radius 1 is 1.16 bits per heavy atom. The topological polar surface area (TPSA) is 34.1 Å². The number of carbonyl (C=O) groups excluding carboxylic acids is 2. The summed E-state index contributed by atoms with van der Waals surface area (Å²) >= 11 is 3.43. The molecule has 0 bridgehead atoms. The molecule has 102 valence electrons. The number of hydrogen-bond acceptors (Lipinski definition) is 4. The minimum Gasteiger partial charge on any atom is -0.300 e. The molecule has 0 atom stereocenters. The van der Waals surface area contributed by atoms with Crippen LogP contribution in [0.2, 0.25) is 0 Å². The van der Waals surface area contributed by atoms with Gasteiger partial charge in [0.2, 0.25) is 0 Å². The highest BCUT2D eigenvalue weighted by molar-refractivity contribution is 8.20. The summed E-state index contributed by atoms with van der Waals surface area (Å²) in [5.74, 6) is 2.34. The number of Topliss-reactive ketones (excluding diaryl/α,β-unsaturated/α-hetero) is 2. The van der Waals surface area contributed by atoms with E-state index in [2.05, 4.69) is 0 Å². The summed E-state index contributed by atoms with van der Waals surface area (Å²) in [6.45, 7) is 1.60. The van der Waals surface area contributed by atoms with Gasteiger partial charge in [0.05, 0.1) is 0 Å². The predicted octanol–water partition coefficient (Wildman–Crippen LogP) is 3.80. The Morgan fingerprint density at radius 3 is 2.37 bits per heavy atom. The van der Waals surface area contributed by atoms with Gasteiger partial charge in [-0.3, -0.25) is 4.79 Å². The van der Waals surface area contributed by atoms with Crippen molar-refractivity contribution in [2.24, 2.45) is 0 Å². The maximum absolute atomic E-state index is 12.8. The first kappa shape index (κ1) is 14.7. The normalized spacial score (nSPS) is 17.9. The number of thioether (sulfide) groups is 2. The van der Waals surface area contributed by atoms with Crippen LogP contribution in [0, 0.1) is 0 Å². The predicted molar refractivity (Wildman–Crippen MR) is 83.0 cm³/mol. The van der Waals surface area contributed by atoms with Gasteiger partial charge < -0.3 is 4.79 Å². The fourth-order valence-corrected chi connectivity index (χ4v) is 5.36. The van der Waals surface area contributed by atoms with Crippen LogP contribution in [0.1, 0.15) is 36.5 Å². The van der Waals surface area contributed by atoms with Gasteiger partial charge in [-0.15, -0.1) is 23.5 Å². The van der Waals surface area contributed by atoms with Crippen molar-refractivity contribution < 1.29 is 9.59 Å². The van der Waals surface area contributed by atoms with Crippen LogP contribution in [0.4, 0.5) is 0 Å². The fourth-order valence-electron chi connectivity index (χ4n) is 2.11. The zero-order valence-corrected chi connectivity index (χ0v) is 12.7. The van der Waals surface area contributed by atoms with Gasteiger partial charge in [-0.1, -0.05) is 30.3 Å². The van der Waals surface area contributed by atoms with Crippen LogP contribution in [-0.4, -0.2) is 27.2 Å². The van der Waals surface area contributed by atoms with Gasteiger partial charge in [0.1, 0.15) is 9.86 Å². The maximum atomic E-state index is 12.8. The van der Waals surface area contributed by atoms with E-state index in [1.165, 1.54) is 0 Å². The highest BCUT2D eigenvalue weighted by atomic mass is 32.2. The molecule has 2 nitrogen and oxygen atoms in total. The lowest BCUT2D eigenvalue weighted by Gasteiger charge is -2.34. The van der Waals surface area contributed by atoms with Crippen LogP contribution in [0.15, 0.2) is 30.3 Å². The molecule has 0 saturated carbocycles. The SMILES string of the molecule is CC(=O)CCC1(C(=O)c2ccccc2)SCCCS1. The van der Waals surface area contributed by atoms with Crippen molar-refractivity contribution in [2.75, 3.05) is 11.5 Å². The fraction of sp³-hybridized carbons (Fsp3) is 0.467. The molecular formula is C15H18O2S2. The third-order valence-corrected chi connectivity index (χ3v) is 6.55. The molecule has 0 radical (unpaired) electrons. The van der Waals surface area contributed by atoms with E-state index < -0.39 is 4.08 Å². The van der Waals surface area contributed by atoms with E-state index in [0.29, 0.717) is 12.8 Å². The van der Waals surface area contributed by atoms with E-state index in [9.17, 15) is 9.59 Å². The third kappa shape index (κ3) is 3.63. The Hall–Kier alpha value is -0.740. The number of hydrogen-bond donors (Lipinski definition) is 0. The van der Waals surface area contributed by atoms with Gasteiger partial charge in [0.25, 0.3) is 0 Å². The molecule has 1 saturated heterocycles. The first-order valence-electron chi connectivity index (χ1n) is 6.51. The van der Waals surface area contributed by atoms with Crippen molar-refractivity contribution in [1.82, 2.24) is 0 Å². The average Bonchev–Trinajstić information content (AvgIpc) is 2.46. The minimum atomic E-state index is -0.453. The smallest absolute Gasteiger partial charge is 0.188 e. The zero-order valence-electron chi connectivity index (χ0n) is 11.1. The number of benzene rings is 1. The Balaban J connectivity index is 2.21. The van der Waals surface area contributed by atoms with Crippen molar-refractivity contribution >= 4 is 35.1 Å². The van der Waals surface area contributed by atoms with Gasteiger partial charge in [0, 0.05) is 12.0 Å². The summed E-state index contributed by atoms with van der Waals surface area (Å²) in [6, 6.07) is 9.44. The molecule has 1 fully saturated rings. The van der Waals surface area contributed by atoms with Crippen molar-refractivity contribution in [3.63, 3.8) is 0 Å². The molecule has 2 rings (SSSR count). The molecule has 19 heavy (non-hydrogen) atoms. The summed E-state index contributed by atoms with van der Waals surface area (Å²) in [6.07, 6.45) is 2.27. The van der Waals surface area contributed by atoms with Gasteiger partial charge in [-0.25, -0.2) is 0 Å². The van der Waals surface area contributed by atoms with Crippen molar-refractivity contribution in [3.05, 3.63) is 35.9 Å².